The zero-order valence-corrected chi connectivity index (χ0v) is 12.9. The predicted molar refractivity (Wildman–Crippen MR) is 81.6 cm³/mol. The highest BCUT2D eigenvalue weighted by Crippen LogP contribution is 2.25. The van der Waals surface area contributed by atoms with Crippen molar-refractivity contribution in [2.45, 2.75) is 19.8 Å². The van der Waals surface area contributed by atoms with Crippen molar-refractivity contribution in [1.82, 2.24) is 10.9 Å². The first-order valence-electron chi connectivity index (χ1n) is 5.33. The van der Waals surface area contributed by atoms with Crippen molar-refractivity contribution >= 4 is 56.5 Å². The summed E-state index contributed by atoms with van der Waals surface area (Å²) < 4.78 is 0.883. The standard InChI is InChI=1S/C11H13BrClN3OS/c1-2-3-10(17)15-16-11(18)14-9-5-4-7(12)6-8(9)13/h4-6H,2-3H2,1H3,(H,15,17)(H2,14,16,18). The highest BCUT2D eigenvalue weighted by Gasteiger charge is 2.04. The van der Waals surface area contributed by atoms with E-state index in [4.69, 9.17) is 23.8 Å². The van der Waals surface area contributed by atoms with Crippen molar-refractivity contribution in [3.63, 3.8) is 0 Å². The number of benzene rings is 1. The Labute approximate surface area is 125 Å². The fraction of sp³-hybridized carbons (Fsp3) is 0.273. The lowest BCUT2D eigenvalue weighted by Gasteiger charge is -2.12. The summed E-state index contributed by atoms with van der Waals surface area (Å²) in [5, 5.41) is 3.70. The third-order valence-corrected chi connectivity index (χ3v) is 2.98. The van der Waals surface area contributed by atoms with Gasteiger partial charge in [0.25, 0.3) is 0 Å². The summed E-state index contributed by atoms with van der Waals surface area (Å²) in [5.74, 6) is -0.108. The molecular weight excluding hydrogens is 338 g/mol. The Morgan fingerprint density at radius 2 is 2.17 bits per heavy atom. The van der Waals surface area contributed by atoms with E-state index in [-0.39, 0.29) is 11.0 Å². The lowest BCUT2D eigenvalue weighted by molar-refractivity contribution is -0.121. The number of halogens is 2. The molecule has 98 valence electrons. The van der Waals surface area contributed by atoms with E-state index in [2.05, 4.69) is 32.1 Å². The van der Waals surface area contributed by atoms with E-state index in [1.807, 2.05) is 13.0 Å². The number of hydrogen-bond acceptors (Lipinski definition) is 2. The summed E-state index contributed by atoms with van der Waals surface area (Å²) in [5.41, 5.74) is 5.77. The molecule has 0 radical (unpaired) electrons. The Morgan fingerprint density at radius 3 is 2.78 bits per heavy atom. The zero-order valence-electron chi connectivity index (χ0n) is 9.72. The third kappa shape index (κ3) is 5.20. The second kappa shape index (κ2) is 7.56. The quantitative estimate of drug-likeness (QED) is 0.579. The molecule has 18 heavy (non-hydrogen) atoms. The molecule has 0 unspecified atom stereocenters. The number of anilines is 1. The highest BCUT2D eigenvalue weighted by molar-refractivity contribution is 9.10. The molecule has 1 amide bonds. The van der Waals surface area contributed by atoms with E-state index in [0.29, 0.717) is 17.1 Å². The van der Waals surface area contributed by atoms with Crippen LogP contribution in [0.15, 0.2) is 22.7 Å². The van der Waals surface area contributed by atoms with Gasteiger partial charge in [-0.05, 0) is 36.8 Å². The smallest absolute Gasteiger partial charge is 0.238 e. The van der Waals surface area contributed by atoms with Gasteiger partial charge in [-0.1, -0.05) is 34.5 Å². The van der Waals surface area contributed by atoms with Gasteiger partial charge in [0, 0.05) is 10.9 Å². The maximum atomic E-state index is 11.2. The maximum Gasteiger partial charge on any atom is 0.238 e. The fourth-order valence-corrected chi connectivity index (χ4v) is 2.04. The molecule has 0 aliphatic carbocycles. The number of amides is 1. The lowest BCUT2D eigenvalue weighted by Crippen LogP contribution is -2.43. The Bertz CT molecular complexity index is 456. The molecule has 0 saturated heterocycles. The molecule has 0 saturated carbocycles. The average Bonchev–Trinajstić information content (AvgIpc) is 2.31. The maximum absolute atomic E-state index is 11.2. The second-order valence-electron chi connectivity index (χ2n) is 3.50. The van der Waals surface area contributed by atoms with Crippen molar-refractivity contribution in [3.05, 3.63) is 27.7 Å². The summed E-state index contributed by atoms with van der Waals surface area (Å²) in [6.45, 7) is 1.93. The first-order chi connectivity index (χ1) is 8.52. The topological polar surface area (TPSA) is 53.2 Å². The number of hydrogen-bond donors (Lipinski definition) is 3. The molecular formula is C11H13BrClN3OS. The Hall–Kier alpha value is -0.850. The molecule has 0 aliphatic rings. The lowest BCUT2D eigenvalue weighted by atomic mass is 10.3. The monoisotopic (exact) mass is 349 g/mol. The molecule has 1 rings (SSSR count). The Morgan fingerprint density at radius 1 is 1.44 bits per heavy atom. The molecule has 1 aromatic carbocycles. The summed E-state index contributed by atoms with van der Waals surface area (Å²) in [6, 6.07) is 5.38. The number of hydrazine groups is 1. The van der Waals surface area contributed by atoms with Crippen LogP contribution in [0, 0.1) is 0 Å². The summed E-state index contributed by atoms with van der Waals surface area (Å²) in [4.78, 5) is 11.2. The van der Waals surface area contributed by atoms with Gasteiger partial charge in [-0.3, -0.25) is 15.6 Å². The number of thiocarbonyl (C=S) groups is 1. The predicted octanol–water partition coefficient (Wildman–Crippen LogP) is 3.22. The van der Waals surface area contributed by atoms with Gasteiger partial charge in [0.05, 0.1) is 10.7 Å². The second-order valence-corrected chi connectivity index (χ2v) is 5.23. The molecule has 0 aromatic heterocycles. The first-order valence-corrected chi connectivity index (χ1v) is 6.91. The first kappa shape index (κ1) is 15.2. The summed E-state index contributed by atoms with van der Waals surface area (Å²) in [7, 11) is 0. The van der Waals surface area contributed by atoms with Crippen molar-refractivity contribution in [1.29, 1.82) is 0 Å². The fourth-order valence-electron chi connectivity index (χ4n) is 1.16. The highest BCUT2D eigenvalue weighted by atomic mass is 79.9. The van der Waals surface area contributed by atoms with Crippen LogP contribution in [0.25, 0.3) is 0 Å². The van der Waals surface area contributed by atoms with Crippen LogP contribution in [0.5, 0.6) is 0 Å². The van der Waals surface area contributed by atoms with Gasteiger partial charge in [0.15, 0.2) is 5.11 Å². The van der Waals surface area contributed by atoms with Crippen LogP contribution in [-0.2, 0) is 4.79 Å². The normalized spacial score (nSPS) is 9.72. The minimum Gasteiger partial charge on any atom is -0.330 e. The van der Waals surface area contributed by atoms with E-state index in [9.17, 15) is 4.79 Å². The van der Waals surface area contributed by atoms with Crippen molar-refractivity contribution in [2.75, 3.05) is 5.32 Å². The summed E-state index contributed by atoms with van der Waals surface area (Å²) >= 11 is 14.4. The van der Waals surface area contributed by atoms with E-state index in [1.54, 1.807) is 12.1 Å². The van der Waals surface area contributed by atoms with E-state index < -0.39 is 0 Å². The van der Waals surface area contributed by atoms with Gasteiger partial charge >= 0.3 is 0 Å². The minimum absolute atomic E-state index is 0.108. The van der Waals surface area contributed by atoms with Crippen LogP contribution >= 0.6 is 39.7 Å². The Kier molecular flexibility index (Phi) is 6.38. The molecule has 0 bridgehead atoms. The van der Waals surface area contributed by atoms with Crippen LogP contribution in [0.3, 0.4) is 0 Å². The van der Waals surface area contributed by atoms with Gasteiger partial charge in [-0.15, -0.1) is 0 Å². The SMILES string of the molecule is CCCC(=O)NNC(=S)Nc1ccc(Br)cc1Cl. The van der Waals surface area contributed by atoms with E-state index in [0.717, 1.165) is 10.9 Å². The number of rotatable bonds is 3. The third-order valence-electron chi connectivity index (χ3n) is 1.97. The van der Waals surface area contributed by atoms with Crippen LogP contribution in [-0.4, -0.2) is 11.0 Å². The number of carbonyl (C=O) groups excluding carboxylic acids is 1. The molecule has 0 spiro atoms. The zero-order chi connectivity index (χ0) is 13.5. The molecule has 7 heteroatoms. The van der Waals surface area contributed by atoms with Gasteiger partial charge in [0.1, 0.15) is 0 Å². The molecule has 4 nitrogen and oxygen atoms in total. The van der Waals surface area contributed by atoms with Crippen LogP contribution in [0.1, 0.15) is 19.8 Å². The molecule has 0 aliphatic heterocycles. The van der Waals surface area contributed by atoms with Crippen LogP contribution < -0.4 is 16.2 Å². The molecule has 0 heterocycles. The van der Waals surface area contributed by atoms with E-state index >= 15 is 0 Å². The molecule has 0 fully saturated rings. The largest absolute Gasteiger partial charge is 0.330 e. The van der Waals surface area contributed by atoms with Crippen molar-refractivity contribution < 1.29 is 4.79 Å². The Balaban J connectivity index is 2.47. The average molecular weight is 351 g/mol. The van der Waals surface area contributed by atoms with Crippen LogP contribution in [0.4, 0.5) is 5.69 Å². The molecule has 1 aromatic rings. The van der Waals surface area contributed by atoms with E-state index in [1.165, 1.54) is 0 Å². The number of nitrogens with one attached hydrogen (secondary N) is 3. The van der Waals surface area contributed by atoms with Crippen molar-refractivity contribution in [2.24, 2.45) is 0 Å². The van der Waals surface area contributed by atoms with Crippen molar-refractivity contribution in [3.8, 4) is 0 Å². The molecule has 0 atom stereocenters. The summed E-state index contributed by atoms with van der Waals surface area (Å²) in [6.07, 6.45) is 1.24. The number of carbonyl (C=O) groups is 1. The minimum atomic E-state index is -0.108. The van der Waals surface area contributed by atoms with Gasteiger partial charge < -0.3 is 5.32 Å². The van der Waals surface area contributed by atoms with Gasteiger partial charge in [-0.2, -0.15) is 0 Å². The van der Waals surface area contributed by atoms with Crippen LogP contribution in [0.2, 0.25) is 5.02 Å². The van der Waals surface area contributed by atoms with Gasteiger partial charge in [-0.25, -0.2) is 0 Å². The molecule has 3 N–H and O–H groups in total. The van der Waals surface area contributed by atoms with Gasteiger partial charge in [0.2, 0.25) is 5.91 Å².